The molecule has 0 saturated heterocycles. The average molecular weight is 451 g/mol. The lowest BCUT2D eigenvalue weighted by Gasteiger charge is -2.11. The Bertz CT molecular complexity index is 1440. The number of aromatic nitrogens is 3. The molecule has 0 atom stereocenters. The number of fused-ring (bicyclic) bond motifs is 1. The number of amides is 1. The van der Waals surface area contributed by atoms with Crippen LogP contribution in [0.2, 0.25) is 0 Å². The van der Waals surface area contributed by atoms with E-state index in [0.29, 0.717) is 28.0 Å². The molecule has 162 valence electrons. The number of hydrogen-bond acceptors (Lipinski definition) is 6. The number of pyridine rings is 1. The minimum atomic E-state index is -3.90. The zero-order valence-electron chi connectivity index (χ0n) is 17.1. The van der Waals surface area contributed by atoms with E-state index in [-0.39, 0.29) is 16.4 Å². The Labute approximate surface area is 183 Å². The van der Waals surface area contributed by atoms with Crippen molar-refractivity contribution in [1.82, 2.24) is 15.0 Å². The third kappa shape index (κ3) is 4.54. The summed E-state index contributed by atoms with van der Waals surface area (Å²) in [7, 11) is -3.90. The molecule has 8 nitrogen and oxygen atoms in total. The van der Waals surface area contributed by atoms with Crippen LogP contribution in [0.1, 0.15) is 21.7 Å². The first kappa shape index (κ1) is 21.3. The second-order valence-corrected chi connectivity index (χ2v) is 8.76. The monoisotopic (exact) mass is 451 g/mol. The first-order valence-electron chi connectivity index (χ1n) is 9.52. The van der Waals surface area contributed by atoms with Crippen LogP contribution < -0.4 is 10.0 Å². The molecule has 2 aromatic heterocycles. The van der Waals surface area contributed by atoms with Crippen molar-refractivity contribution in [3.8, 4) is 0 Å². The van der Waals surface area contributed by atoms with Crippen molar-refractivity contribution in [1.29, 1.82) is 0 Å². The predicted octanol–water partition coefficient (Wildman–Crippen LogP) is 3.83. The van der Waals surface area contributed by atoms with Crippen LogP contribution in [0.25, 0.3) is 10.9 Å². The normalized spacial score (nSPS) is 11.3. The van der Waals surface area contributed by atoms with Crippen LogP contribution in [-0.2, 0) is 10.0 Å². The Kier molecular flexibility index (Phi) is 5.54. The van der Waals surface area contributed by atoms with Gasteiger partial charge in [-0.3, -0.25) is 9.78 Å². The molecule has 0 aliphatic carbocycles. The first-order valence-corrected chi connectivity index (χ1v) is 11.0. The highest BCUT2D eigenvalue weighted by atomic mass is 32.2. The van der Waals surface area contributed by atoms with Gasteiger partial charge in [0.1, 0.15) is 5.82 Å². The largest absolute Gasteiger partial charge is 0.322 e. The summed E-state index contributed by atoms with van der Waals surface area (Å²) < 4.78 is 41.1. The van der Waals surface area contributed by atoms with Crippen LogP contribution in [0.15, 0.2) is 65.7 Å². The molecule has 0 radical (unpaired) electrons. The highest BCUT2D eigenvalue weighted by molar-refractivity contribution is 7.92. The third-order valence-corrected chi connectivity index (χ3v) is 5.93. The highest BCUT2D eigenvalue weighted by Crippen LogP contribution is 2.22. The molecule has 2 N–H and O–H groups in total. The Morgan fingerprint density at radius 3 is 2.41 bits per heavy atom. The van der Waals surface area contributed by atoms with E-state index in [4.69, 9.17) is 0 Å². The van der Waals surface area contributed by atoms with Gasteiger partial charge in [-0.05, 0) is 68.4 Å². The van der Waals surface area contributed by atoms with E-state index in [0.717, 1.165) is 0 Å². The zero-order valence-corrected chi connectivity index (χ0v) is 17.9. The molecule has 0 unspecified atom stereocenters. The number of halogens is 1. The van der Waals surface area contributed by atoms with Crippen molar-refractivity contribution in [2.75, 3.05) is 10.0 Å². The van der Waals surface area contributed by atoms with E-state index >= 15 is 0 Å². The van der Waals surface area contributed by atoms with E-state index in [2.05, 4.69) is 25.0 Å². The number of nitrogens with zero attached hydrogens (tertiary/aromatic N) is 3. The Morgan fingerprint density at radius 2 is 1.69 bits per heavy atom. The first-order chi connectivity index (χ1) is 15.2. The van der Waals surface area contributed by atoms with Crippen molar-refractivity contribution in [3.63, 3.8) is 0 Å². The highest BCUT2D eigenvalue weighted by Gasteiger charge is 2.17. The fourth-order valence-corrected chi connectivity index (χ4v) is 4.06. The fourth-order valence-electron chi connectivity index (χ4n) is 3.11. The molecule has 2 aromatic carbocycles. The standard InChI is InChI=1S/C22H18FN5O3S/c1-13-9-10-24-22(26-13)28-32(30,31)17-6-4-16(5-7-17)27-21(29)19-11-14(2)25-20-8-3-15(23)12-18(19)20/h3-12H,1-2H3,(H,27,29)(H,24,26,28). The predicted molar refractivity (Wildman–Crippen MR) is 118 cm³/mol. The number of sulfonamides is 1. The van der Waals surface area contributed by atoms with Crippen LogP contribution in [0.4, 0.5) is 16.0 Å². The molecule has 0 fully saturated rings. The molecule has 4 rings (SSSR count). The maximum Gasteiger partial charge on any atom is 0.264 e. The van der Waals surface area contributed by atoms with Gasteiger partial charge < -0.3 is 5.32 Å². The molecule has 0 spiro atoms. The van der Waals surface area contributed by atoms with E-state index in [9.17, 15) is 17.6 Å². The van der Waals surface area contributed by atoms with Gasteiger partial charge in [0.05, 0.1) is 16.0 Å². The maximum absolute atomic E-state index is 13.7. The molecule has 4 aromatic rings. The summed E-state index contributed by atoms with van der Waals surface area (Å²) >= 11 is 0. The maximum atomic E-state index is 13.7. The van der Waals surface area contributed by atoms with Crippen molar-refractivity contribution in [3.05, 3.63) is 83.6 Å². The molecule has 0 bridgehead atoms. The van der Waals surface area contributed by atoms with Gasteiger partial charge in [0.2, 0.25) is 5.95 Å². The van der Waals surface area contributed by atoms with Gasteiger partial charge in [-0.15, -0.1) is 0 Å². The zero-order chi connectivity index (χ0) is 22.9. The van der Waals surface area contributed by atoms with E-state index in [1.807, 2.05) is 0 Å². The molecule has 2 heterocycles. The number of anilines is 2. The summed E-state index contributed by atoms with van der Waals surface area (Å²) in [6.45, 7) is 3.46. The lowest BCUT2D eigenvalue weighted by atomic mass is 10.1. The van der Waals surface area contributed by atoms with Crippen LogP contribution >= 0.6 is 0 Å². The fraction of sp³-hybridized carbons (Fsp3) is 0.0909. The molecule has 0 saturated carbocycles. The Balaban J connectivity index is 1.56. The van der Waals surface area contributed by atoms with E-state index < -0.39 is 21.7 Å². The minimum absolute atomic E-state index is 0.0205. The van der Waals surface area contributed by atoms with Gasteiger partial charge in [-0.1, -0.05) is 0 Å². The molecule has 0 aliphatic heterocycles. The summed E-state index contributed by atoms with van der Waals surface area (Å²) in [6, 6.07) is 12.9. The molecular formula is C22H18FN5O3S. The minimum Gasteiger partial charge on any atom is -0.322 e. The van der Waals surface area contributed by atoms with Gasteiger partial charge in [0.15, 0.2) is 0 Å². The lowest BCUT2D eigenvalue weighted by Crippen LogP contribution is -2.16. The average Bonchev–Trinajstić information content (AvgIpc) is 2.73. The van der Waals surface area contributed by atoms with Gasteiger partial charge in [0, 0.05) is 28.7 Å². The Morgan fingerprint density at radius 1 is 0.938 bits per heavy atom. The van der Waals surface area contributed by atoms with Crippen LogP contribution in [0.3, 0.4) is 0 Å². The van der Waals surface area contributed by atoms with Crippen molar-refractivity contribution in [2.45, 2.75) is 18.7 Å². The number of rotatable bonds is 5. The smallest absolute Gasteiger partial charge is 0.264 e. The summed E-state index contributed by atoms with van der Waals surface area (Å²) in [5.74, 6) is -0.973. The van der Waals surface area contributed by atoms with Crippen molar-refractivity contribution >= 4 is 38.5 Å². The van der Waals surface area contributed by atoms with Gasteiger partial charge in [-0.25, -0.2) is 27.5 Å². The third-order valence-electron chi connectivity index (χ3n) is 4.59. The number of carbonyl (C=O) groups excluding carboxylic acids is 1. The summed E-state index contributed by atoms with van der Waals surface area (Å²) in [5.41, 5.74) is 2.37. The van der Waals surface area contributed by atoms with Crippen molar-refractivity contribution < 1.29 is 17.6 Å². The quantitative estimate of drug-likeness (QED) is 0.477. The van der Waals surface area contributed by atoms with E-state index in [1.54, 1.807) is 26.0 Å². The van der Waals surface area contributed by atoms with Crippen molar-refractivity contribution in [2.24, 2.45) is 0 Å². The van der Waals surface area contributed by atoms with E-state index in [1.165, 1.54) is 48.7 Å². The summed E-state index contributed by atoms with van der Waals surface area (Å²) in [4.78, 5) is 25.0. The molecule has 32 heavy (non-hydrogen) atoms. The number of carbonyl (C=O) groups is 1. The molecular weight excluding hydrogens is 433 g/mol. The number of benzene rings is 2. The molecule has 0 aliphatic rings. The summed E-state index contributed by atoms with van der Waals surface area (Å²) in [6.07, 6.45) is 1.45. The molecule has 1 amide bonds. The van der Waals surface area contributed by atoms with Gasteiger partial charge in [0.25, 0.3) is 15.9 Å². The second-order valence-electron chi connectivity index (χ2n) is 7.08. The topological polar surface area (TPSA) is 114 Å². The number of hydrogen-bond donors (Lipinski definition) is 2. The van der Waals surface area contributed by atoms with Crippen LogP contribution in [0, 0.1) is 19.7 Å². The lowest BCUT2D eigenvalue weighted by molar-refractivity contribution is 0.102. The van der Waals surface area contributed by atoms with Gasteiger partial charge in [-0.2, -0.15) is 0 Å². The Hall–Kier alpha value is -3.92. The molecule has 10 heteroatoms. The number of aryl methyl sites for hydroxylation is 2. The summed E-state index contributed by atoms with van der Waals surface area (Å²) in [5, 5.41) is 3.09. The van der Waals surface area contributed by atoms with Crippen LogP contribution in [0.5, 0.6) is 0 Å². The SMILES string of the molecule is Cc1ccnc(NS(=O)(=O)c2ccc(NC(=O)c3cc(C)nc4ccc(F)cc34)cc2)n1. The number of nitrogens with one attached hydrogen (secondary N) is 2. The van der Waals surface area contributed by atoms with Gasteiger partial charge >= 0.3 is 0 Å². The van der Waals surface area contributed by atoms with Crippen LogP contribution in [-0.4, -0.2) is 29.3 Å². The second kappa shape index (κ2) is 8.31.